The van der Waals surface area contributed by atoms with Crippen LogP contribution in [0.1, 0.15) is 50.7 Å². The number of carbonyl (C=O) groups is 3. The Kier molecular flexibility index (Phi) is 8.33. The van der Waals surface area contributed by atoms with Crippen LogP contribution in [0.15, 0.2) is 60.7 Å². The lowest BCUT2D eigenvalue weighted by Gasteiger charge is -2.37. The number of aliphatic hydroxyl groups is 1. The van der Waals surface area contributed by atoms with Crippen LogP contribution >= 0.6 is 11.8 Å². The summed E-state index contributed by atoms with van der Waals surface area (Å²) in [5.74, 6) is -1.55. The second kappa shape index (κ2) is 11.7. The molecule has 39 heavy (non-hydrogen) atoms. The molecule has 7 nitrogen and oxygen atoms in total. The number of likely N-dealkylation sites (tertiary alicyclic amines) is 1. The Morgan fingerprint density at radius 1 is 1.08 bits per heavy atom. The van der Waals surface area contributed by atoms with E-state index in [4.69, 9.17) is 0 Å². The van der Waals surface area contributed by atoms with Gasteiger partial charge in [0.05, 0.1) is 29.2 Å². The quantitative estimate of drug-likeness (QED) is 0.400. The second-order valence-electron chi connectivity index (χ2n) is 11.2. The lowest BCUT2D eigenvalue weighted by atomic mass is 9.70. The van der Waals surface area contributed by atoms with E-state index < -0.39 is 28.7 Å². The van der Waals surface area contributed by atoms with Crippen molar-refractivity contribution in [3.63, 3.8) is 0 Å². The van der Waals surface area contributed by atoms with E-state index in [0.717, 1.165) is 30.4 Å². The molecule has 3 N–H and O–H groups in total. The van der Waals surface area contributed by atoms with Crippen molar-refractivity contribution in [3.8, 4) is 0 Å². The summed E-state index contributed by atoms with van der Waals surface area (Å²) in [6, 6.07) is 18.2. The van der Waals surface area contributed by atoms with Crippen molar-refractivity contribution in [2.45, 2.75) is 80.6 Å². The number of aliphatic hydroxyl groups excluding tert-OH is 1. The molecule has 0 aliphatic carbocycles. The number of hydrogen-bond donors (Lipinski definition) is 3. The van der Waals surface area contributed by atoms with E-state index in [2.05, 4.69) is 17.6 Å². The number of nitrogens with zero attached hydrogens (tertiary/aromatic N) is 1. The number of fused-ring (bicyclic) bond motifs is 1. The van der Waals surface area contributed by atoms with Crippen molar-refractivity contribution < 1.29 is 19.5 Å². The third kappa shape index (κ3) is 5.21. The smallest absolute Gasteiger partial charge is 0.244 e. The molecule has 0 saturated carbocycles. The third-order valence-corrected chi connectivity index (χ3v) is 10.6. The first-order chi connectivity index (χ1) is 18.9. The number of benzene rings is 2. The maximum Gasteiger partial charge on any atom is 0.244 e. The molecule has 5 rings (SSSR count). The van der Waals surface area contributed by atoms with E-state index in [-0.39, 0.29) is 35.6 Å². The van der Waals surface area contributed by atoms with Gasteiger partial charge in [0.25, 0.3) is 0 Å². The number of nitrogens with one attached hydrogen (secondary N) is 2. The van der Waals surface area contributed by atoms with Crippen molar-refractivity contribution in [3.05, 3.63) is 71.8 Å². The lowest BCUT2D eigenvalue weighted by molar-refractivity contribution is -0.142. The van der Waals surface area contributed by atoms with Gasteiger partial charge in [0.1, 0.15) is 6.04 Å². The van der Waals surface area contributed by atoms with Crippen LogP contribution in [-0.2, 0) is 27.3 Å². The zero-order chi connectivity index (χ0) is 27.6. The first kappa shape index (κ1) is 27.7. The third-order valence-electron chi connectivity index (χ3n) is 8.63. The van der Waals surface area contributed by atoms with Gasteiger partial charge in [-0.15, -0.1) is 11.8 Å². The van der Waals surface area contributed by atoms with Crippen LogP contribution in [0.5, 0.6) is 0 Å². The minimum atomic E-state index is -0.725. The van der Waals surface area contributed by atoms with Gasteiger partial charge in [0, 0.05) is 17.8 Å². The molecule has 7 atom stereocenters. The molecule has 3 aliphatic rings. The van der Waals surface area contributed by atoms with Crippen LogP contribution in [0.25, 0.3) is 0 Å². The van der Waals surface area contributed by atoms with Crippen molar-refractivity contribution in [2.75, 3.05) is 6.61 Å². The zero-order valence-electron chi connectivity index (χ0n) is 22.7. The van der Waals surface area contributed by atoms with Gasteiger partial charge >= 0.3 is 0 Å². The Morgan fingerprint density at radius 2 is 1.74 bits per heavy atom. The predicted molar refractivity (Wildman–Crippen MR) is 153 cm³/mol. The van der Waals surface area contributed by atoms with Gasteiger partial charge < -0.3 is 20.6 Å². The molecule has 1 spiro atoms. The van der Waals surface area contributed by atoms with E-state index in [1.165, 1.54) is 0 Å². The number of rotatable bonds is 11. The van der Waals surface area contributed by atoms with Crippen LogP contribution in [0, 0.1) is 11.8 Å². The van der Waals surface area contributed by atoms with Crippen LogP contribution in [0.3, 0.4) is 0 Å². The molecule has 2 aromatic rings. The molecule has 0 radical (unpaired) electrons. The lowest BCUT2D eigenvalue weighted by Crippen LogP contribution is -2.58. The predicted octanol–water partition coefficient (Wildman–Crippen LogP) is 3.30. The van der Waals surface area contributed by atoms with E-state index in [1.807, 2.05) is 67.6 Å². The Labute approximate surface area is 235 Å². The molecule has 3 aliphatic heterocycles. The van der Waals surface area contributed by atoms with E-state index in [1.54, 1.807) is 16.7 Å². The molecular weight excluding hydrogens is 510 g/mol. The number of carbonyl (C=O) groups excluding carboxylic acids is 3. The summed E-state index contributed by atoms with van der Waals surface area (Å²) < 4.78 is -0.670. The number of hydrogen-bond acceptors (Lipinski definition) is 5. The fourth-order valence-corrected chi connectivity index (χ4v) is 9.16. The number of thioether (sulfide) groups is 1. The fraction of sp³-hybridized carbons (Fsp3) is 0.516. The highest BCUT2D eigenvalue weighted by Crippen LogP contribution is 2.66. The van der Waals surface area contributed by atoms with Gasteiger partial charge in [-0.05, 0) is 43.7 Å². The highest BCUT2D eigenvalue weighted by atomic mass is 32.2. The SMILES string of the molecule is CCCC(C)NC(=O)C1N([C@@H](CO)Cc2ccccc2)C(=O)[C@@H]2[C@@H](C(=O)NCc3ccccc3)[C@H]3CCC12S3. The molecule has 8 heteroatoms. The molecule has 3 heterocycles. The Hall–Kier alpha value is -2.84. The summed E-state index contributed by atoms with van der Waals surface area (Å²) in [4.78, 5) is 43.6. The summed E-state index contributed by atoms with van der Waals surface area (Å²) in [6.07, 6.45) is 3.73. The normalized spacial score (nSPS) is 28.7. The van der Waals surface area contributed by atoms with Gasteiger partial charge in [0.2, 0.25) is 17.7 Å². The summed E-state index contributed by atoms with van der Waals surface area (Å²) >= 11 is 1.66. The average Bonchev–Trinajstić information content (AvgIpc) is 3.59. The van der Waals surface area contributed by atoms with E-state index >= 15 is 0 Å². The molecular formula is C31H39N3O4S. The fourth-order valence-electron chi connectivity index (χ4n) is 6.95. The van der Waals surface area contributed by atoms with E-state index in [9.17, 15) is 19.5 Å². The first-order valence-electron chi connectivity index (χ1n) is 14.2. The Balaban J connectivity index is 1.46. The summed E-state index contributed by atoms with van der Waals surface area (Å²) in [5.41, 5.74) is 1.99. The molecule has 3 saturated heterocycles. The molecule has 2 bridgehead atoms. The summed E-state index contributed by atoms with van der Waals surface area (Å²) in [7, 11) is 0. The van der Waals surface area contributed by atoms with Crippen LogP contribution in [0.2, 0.25) is 0 Å². The van der Waals surface area contributed by atoms with Gasteiger partial charge in [-0.3, -0.25) is 14.4 Å². The van der Waals surface area contributed by atoms with Crippen LogP contribution < -0.4 is 10.6 Å². The summed E-state index contributed by atoms with van der Waals surface area (Å²) in [6.45, 7) is 4.22. The van der Waals surface area contributed by atoms with Gasteiger partial charge in [-0.25, -0.2) is 0 Å². The average molecular weight is 550 g/mol. The Morgan fingerprint density at radius 3 is 2.38 bits per heavy atom. The molecule has 0 aromatic heterocycles. The minimum Gasteiger partial charge on any atom is -0.394 e. The molecule has 3 amide bonds. The zero-order valence-corrected chi connectivity index (χ0v) is 23.5. The van der Waals surface area contributed by atoms with Gasteiger partial charge in [-0.1, -0.05) is 74.0 Å². The first-order valence-corrected chi connectivity index (χ1v) is 15.0. The Bertz CT molecular complexity index is 1180. The molecule has 3 fully saturated rings. The highest BCUT2D eigenvalue weighted by molar-refractivity contribution is 8.02. The molecule has 208 valence electrons. The molecule has 3 unspecified atom stereocenters. The van der Waals surface area contributed by atoms with E-state index in [0.29, 0.717) is 19.4 Å². The van der Waals surface area contributed by atoms with Gasteiger partial charge in [-0.2, -0.15) is 0 Å². The highest BCUT2D eigenvalue weighted by Gasteiger charge is 2.74. The summed E-state index contributed by atoms with van der Waals surface area (Å²) in [5, 5.41) is 16.8. The van der Waals surface area contributed by atoms with Crippen molar-refractivity contribution in [2.24, 2.45) is 11.8 Å². The monoisotopic (exact) mass is 549 g/mol. The molecule has 2 aromatic carbocycles. The van der Waals surface area contributed by atoms with Crippen molar-refractivity contribution in [1.29, 1.82) is 0 Å². The van der Waals surface area contributed by atoms with Crippen LogP contribution in [0.4, 0.5) is 0 Å². The topological polar surface area (TPSA) is 98.7 Å². The minimum absolute atomic E-state index is 0.00179. The number of amides is 3. The standard InChI is InChI=1S/C31H39N3O4S/c1-3-10-20(2)33-29(37)27-31-16-15-24(39-31)25(28(36)32-18-22-13-8-5-9-14-22)26(31)30(38)34(27)23(19-35)17-21-11-6-4-7-12-21/h4-9,11-14,20,23-27,35H,3,10,15-19H2,1-2H3,(H,32,36)(H,33,37)/t20?,23-,24-,25+,26+,27?,31?/m1/s1. The van der Waals surface area contributed by atoms with Crippen molar-refractivity contribution in [1.82, 2.24) is 15.5 Å². The second-order valence-corrected chi connectivity index (χ2v) is 12.8. The van der Waals surface area contributed by atoms with Crippen molar-refractivity contribution >= 4 is 29.5 Å². The largest absolute Gasteiger partial charge is 0.394 e. The van der Waals surface area contributed by atoms with Crippen LogP contribution in [-0.4, -0.2) is 62.5 Å². The maximum absolute atomic E-state index is 14.3. The maximum atomic E-state index is 14.3. The van der Waals surface area contributed by atoms with Gasteiger partial charge in [0.15, 0.2) is 0 Å².